The molecule has 0 aromatic heterocycles. The zero-order valence-electron chi connectivity index (χ0n) is 10.7. The van der Waals surface area contributed by atoms with Crippen molar-refractivity contribution in [2.24, 2.45) is 5.41 Å². The molecule has 0 amide bonds. The van der Waals surface area contributed by atoms with Crippen LogP contribution in [0.3, 0.4) is 0 Å². The van der Waals surface area contributed by atoms with E-state index < -0.39 is 0 Å². The Labute approximate surface area is 93.5 Å². The van der Waals surface area contributed by atoms with Crippen LogP contribution in [0.4, 0.5) is 0 Å². The molecule has 1 unspecified atom stereocenters. The van der Waals surface area contributed by atoms with Gasteiger partial charge in [-0.15, -0.1) is 0 Å². The molecule has 2 nitrogen and oxygen atoms in total. The average molecular weight is 208 g/mol. The van der Waals surface area contributed by atoms with Crippen molar-refractivity contribution in [1.29, 1.82) is 0 Å². The lowest BCUT2D eigenvalue weighted by Gasteiger charge is -2.50. The molecule has 2 heteroatoms. The van der Waals surface area contributed by atoms with Gasteiger partial charge in [0.05, 0.1) is 5.54 Å². The SMILES string of the molecule is CC1(C)C=C2NC(C)(C)CCC2(C)NC1. The molecular formula is C13H24N2. The van der Waals surface area contributed by atoms with Crippen molar-refractivity contribution < 1.29 is 0 Å². The van der Waals surface area contributed by atoms with Gasteiger partial charge in [0, 0.05) is 17.8 Å². The second-order valence-electron chi connectivity index (χ2n) is 6.74. The first-order chi connectivity index (χ1) is 6.73. The van der Waals surface area contributed by atoms with Crippen molar-refractivity contribution >= 4 is 0 Å². The standard InChI is InChI=1S/C13H24N2/c1-11(2)8-10-13(5,14-9-11)7-6-12(3,4)15-10/h8,14-15H,6-7,9H2,1-5H3. The van der Waals surface area contributed by atoms with Crippen molar-refractivity contribution in [2.45, 2.75) is 58.5 Å². The number of hydrogen-bond donors (Lipinski definition) is 2. The molecule has 2 aliphatic heterocycles. The van der Waals surface area contributed by atoms with Gasteiger partial charge in [-0.3, -0.25) is 0 Å². The predicted octanol–water partition coefficient (Wildman–Crippen LogP) is 2.42. The number of fused-ring (bicyclic) bond motifs is 1. The highest BCUT2D eigenvalue weighted by Gasteiger charge is 2.42. The van der Waals surface area contributed by atoms with Crippen molar-refractivity contribution in [3.8, 4) is 0 Å². The third kappa shape index (κ3) is 2.05. The zero-order chi connectivity index (χ0) is 11.3. The fourth-order valence-electron chi connectivity index (χ4n) is 2.51. The van der Waals surface area contributed by atoms with Gasteiger partial charge in [-0.1, -0.05) is 19.9 Å². The molecule has 1 fully saturated rings. The number of rotatable bonds is 0. The van der Waals surface area contributed by atoms with Crippen molar-refractivity contribution in [2.75, 3.05) is 6.54 Å². The van der Waals surface area contributed by atoms with Crippen LogP contribution in [0.2, 0.25) is 0 Å². The summed E-state index contributed by atoms with van der Waals surface area (Å²) in [5, 5.41) is 7.38. The van der Waals surface area contributed by atoms with Crippen molar-refractivity contribution in [3.05, 3.63) is 11.8 Å². The van der Waals surface area contributed by atoms with Gasteiger partial charge >= 0.3 is 0 Å². The van der Waals surface area contributed by atoms with Gasteiger partial charge < -0.3 is 10.6 Å². The van der Waals surface area contributed by atoms with Crippen LogP contribution in [0.1, 0.15) is 47.5 Å². The summed E-state index contributed by atoms with van der Waals surface area (Å²) in [7, 11) is 0. The summed E-state index contributed by atoms with van der Waals surface area (Å²) in [6.45, 7) is 12.5. The van der Waals surface area contributed by atoms with Crippen LogP contribution >= 0.6 is 0 Å². The van der Waals surface area contributed by atoms with E-state index in [4.69, 9.17) is 0 Å². The average Bonchev–Trinajstić information content (AvgIpc) is 2.07. The quantitative estimate of drug-likeness (QED) is 0.639. The first kappa shape index (κ1) is 11.0. The fraction of sp³-hybridized carbons (Fsp3) is 0.846. The Morgan fingerprint density at radius 3 is 2.40 bits per heavy atom. The van der Waals surface area contributed by atoms with E-state index in [0.717, 1.165) is 6.54 Å². The first-order valence-corrected chi connectivity index (χ1v) is 5.99. The lowest BCUT2D eigenvalue weighted by Crippen LogP contribution is -2.61. The van der Waals surface area contributed by atoms with Crippen molar-refractivity contribution in [1.82, 2.24) is 10.6 Å². The lowest BCUT2D eigenvalue weighted by molar-refractivity contribution is 0.197. The van der Waals surface area contributed by atoms with E-state index in [-0.39, 0.29) is 16.5 Å². The highest BCUT2D eigenvalue weighted by molar-refractivity contribution is 5.28. The summed E-state index contributed by atoms with van der Waals surface area (Å²) in [5.41, 5.74) is 2.11. The molecule has 86 valence electrons. The molecule has 2 heterocycles. The van der Waals surface area contributed by atoms with Gasteiger partial charge in [-0.25, -0.2) is 0 Å². The number of piperidine rings is 1. The van der Waals surface area contributed by atoms with Gasteiger partial charge in [-0.05, 0) is 39.0 Å². The summed E-state index contributed by atoms with van der Waals surface area (Å²) < 4.78 is 0. The largest absolute Gasteiger partial charge is 0.382 e. The summed E-state index contributed by atoms with van der Waals surface area (Å²) >= 11 is 0. The fourth-order valence-corrected chi connectivity index (χ4v) is 2.51. The monoisotopic (exact) mass is 208 g/mol. The van der Waals surface area contributed by atoms with Crippen LogP contribution in [0.5, 0.6) is 0 Å². The van der Waals surface area contributed by atoms with Crippen LogP contribution in [0.25, 0.3) is 0 Å². The molecule has 0 aromatic carbocycles. The van der Waals surface area contributed by atoms with Crippen LogP contribution in [0, 0.1) is 5.41 Å². The van der Waals surface area contributed by atoms with E-state index in [0.29, 0.717) is 0 Å². The highest BCUT2D eigenvalue weighted by Crippen LogP contribution is 2.37. The van der Waals surface area contributed by atoms with Gasteiger partial charge in [0.1, 0.15) is 0 Å². The molecule has 0 bridgehead atoms. The molecule has 0 spiro atoms. The Morgan fingerprint density at radius 1 is 1.07 bits per heavy atom. The molecule has 15 heavy (non-hydrogen) atoms. The molecule has 0 saturated carbocycles. The summed E-state index contributed by atoms with van der Waals surface area (Å²) in [4.78, 5) is 0. The minimum atomic E-state index is 0.186. The summed E-state index contributed by atoms with van der Waals surface area (Å²) in [6, 6.07) is 0. The van der Waals surface area contributed by atoms with E-state index in [1.807, 2.05) is 0 Å². The molecule has 0 radical (unpaired) electrons. The smallest absolute Gasteiger partial charge is 0.0552 e. The Bertz CT molecular complexity index is 302. The molecule has 0 aliphatic carbocycles. The normalized spacial score (nSPS) is 37.5. The summed E-state index contributed by atoms with van der Waals surface area (Å²) in [5.74, 6) is 0. The second kappa shape index (κ2) is 3.00. The van der Waals surface area contributed by atoms with Crippen LogP contribution in [-0.2, 0) is 0 Å². The third-order valence-corrected chi connectivity index (χ3v) is 3.79. The van der Waals surface area contributed by atoms with Gasteiger partial charge in [0.15, 0.2) is 0 Å². The van der Waals surface area contributed by atoms with E-state index in [1.54, 1.807) is 0 Å². The van der Waals surface area contributed by atoms with E-state index in [2.05, 4.69) is 51.3 Å². The second-order valence-corrected chi connectivity index (χ2v) is 6.74. The summed E-state index contributed by atoms with van der Waals surface area (Å²) in [6.07, 6.45) is 4.88. The van der Waals surface area contributed by atoms with E-state index in [1.165, 1.54) is 18.5 Å². The number of hydrogen-bond acceptors (Lipinski definition) is 2. The molecule has 1 atom stereocenters. The molecule has 2 aliphatic rings. The Kier molecular flexibility index (Phi) is 2.20. The Balaban J connectivity index is 2.31. The lowest BCUT2D eigenvalue weighted by atomic mass is 9.74. The Hall–Kier alpha value is -0.500. The van der Waals surface area contributed by atoms with Crippen LogP contribution < -0.4 is 10.6 Å². The van der Waals surface area contributed by atoms with Gasteiger partial charge in [0.2, 0.25) is 0 Å². The molecule has 0 aromatic rings. The maximum atomic E-state index is 3.69. The van der Waals surface area contributed by atoms with Crippen LogP contribution in [0.15, 0.2) is 11.8 Å². The number of nitrogens with one attached hydrogen (secondary N) is 2. The maximum absolute atomic E-state index is 3.69. The Morgan fingerprint density at radius 2 is 1.73 bits per heavy atom. The van der Waals surface area contributed by atoms with Crippen LogP contribution in [-0.4, -0.2) is 17.6 Å². The first-order valence-electron chi connectivity index (χ1n) is 5.99. The predicted molar refractivity (Wildman–Crippen MR) is 64.7 cm³/mol. The minimum absolute atomic E-state index is 0.186. The van der Waals surface area contributed by atoms with Crippen molar-refractivity contribution in [3.63, 3.8) is 0 Å². The minimum Gasteiger partial charge on any atom is -0.382 e. The topological polar surface area (TPSA) is 24.1 Å². The highest BCUT2D eigenvalue weighted by atomic mass is 15.1. The van der Waals surface area contributed by atoms with Gasteiger partial charge in [0.25, 0.3) is 0 Å². The zero-order valence-corrected chi connectivity index (χ0v) is 10.7. The molecular weight excluding hydrogens is 184 g/mol. The van der Waals surface area contributed by atoms with Gasteiger partial charge in [-0.2, -0.15) is 0 Å². The van der Waals surface area contributed by atoms with E-state index >= 15 is 0 Å². The van der Waals surface area contributed by atoms with E-state index in [9.17, 15) is 0 Å². The molecule has 1 saturated heterocycles. The molecule has 2 N–H and O–H groups in total. The third-order valence-electron chi connectivity index (χ3n) is 3.79. The molecule has 2 rings (SSSR count). The maximum Gasteiger partial charge on any atom is 0.0552 e.